The Labute approximate surface area is 142 Å². The standard InChI is InChI=1S/C17H23N5O2/c1-23-15-5-9-18-14(17(15)24-2)12-22-10-6-13(7-11-22)20-16-4-3-8-19-21-16/h3-5,8-9,13H,6-7,10-12H2,1-2H3,(H,20,21). The van der Waals surface area contributed by atoms with Gasteiger partial charge in [0.15, 0.2) is 11.5 Å². The maximum atomic E-state index is 5.47. The van der Waals surface area contributed by atoms with E-state index in [1.165, 1.54) is 0 Å². The molecule has 24 heavy (non-hydrogen) atoms. The lowest BCUT2D eigenvalue weighted by Crippen LogP contribution is -2.39. The molecule has 0 radical (unpaired) electrons. The van der Waals surface area contributed by atoms with Crippen LogP contribution in [0.1, 0.15) is 18.5 Å². The highest BCUT2D eigenvalue weighted by Gasteiger charge is 2.21. The molecular weight excluding hydrogens is 306 g/mol. The van der Waals surface area contributed by atoms with E-state index < -0.39 is 0 Å². The van der Waals surface area contributed by atoms with Crippen molar-refractivity contribution in [1.82, 2.24) is 20.1 Å². The van der Waals surface area contributed by atoms with Gasteiger partial charge in [-0.1, -0.05) is 0 Å². The average Bonchev–Trinajstić information content (AvgIpc) is 2.64. The predicted molar refractivity (Wildman–Crippen MR) is 91.3 cm³/mol. The summed E-state index contributed by atoms with van der Waals surface area (Å²) in [5, 5.41) is 11.4. The zero-order valence-corrected chi connectivity index (χ0v) is 14.1. The van der Waals surface area contributed by atoms with Crippen molar-refractivity contribution < 1.29 is 9.47 Å². The molecule has 0 aromatic carbocycles. The van der Waals surface area contributed by atoms with E-state index in [0.717, 1.165) is 55.5 Å². The minimum atomic E-state index is 0.429. The maximum absolute atomic E-state index is 5.47. The number of likely N-dealkylation sites (tertiary alicyclic amines) is 1. The van der Waals surface area contributed by atoms with Crippen LogP contribution in [0.3, 0.4) is 0 Å². The molecule has 2 aromatic heterocycles. The number of hydrogen-bond acceptors (Lipinski definition) is 7. The van der Waals surface area contributed by atoms with Crippen molar-refractivity contribution in [3.8, 4) is 11.5 Å². The monoisotopic (exact) mass is 329 g/mol. The normalized spacial score (nSPS) is 15.9. The molecule has 2 aromatic rings. The lowest BCUT2D eigenvalue weighted by molar-refractivity contribution is 0.205. The summed E-state index contributed by atoms with van der Waals surface area (Å²) in [6.45, 7) is 2.76. The summed E-state index contributed by atoms with van der Waals surface area (Å²) in [6.07, 6.45) is 5.56. The molecule has 1 saturated heterocycles. The van der Waals surface area contributed by atoms with Crippen LogP contribution in [0.2, 0.25) is 0 Å². The summed E-state index contributed by atoms with van der Waals surface area (Å²) in [4.78, 5) is 6.85. The van der Waals surface area contributed by atoms with Crippen molar-refractivity contribution in [2.45, 2.75) is 25.4 Å². The third-order valence-electron chi connectivity index (χ3n) is 4.25. The van der Waals surface area contributed by atoms with Crippen LogP contribution in [0.5, 0.6) is 11.5 Å². The van der Waals surface area contributed by atoms with Gasteiger partial charge >= 0.3 is 0 Å². The lowest BCUT2D eigenvalue weighted by atomic mass is 10.0. The Bertz CT molecular complexity index is 645. The van der Waals surface area contributed by atoms with Crippen molar-refractivity contribution in [3.63, 3.8) is 0 Å². The van der Waals surface area contributed by atoms with Gasteiger partial charge < -0.3 is 14.8 Å². The Kier molecular flexibility index (Phi) is 5.43. The van der Waals surface area contributed by atoms with Gasteiger partial charge in [0.25, 0.3) is 0 Å². The number of anilines is 1. The highest BCUT2D eigenvalue weighted by molar-refractivity contribution is 5.42. The van der Waals surface area contributed by atoms with Crippen LogP contribution in [0.4, 0.5) is 5.82 Å². The summed E-state index contributed by atoms with van der Waals surface area (Å²) in [7, 11) is 3.30. The molecule has 3 rings (SSSR count). The number of ether oxygens (including phenoxy) is 2. The molecule has 0 aliphatic carbocycles. The summed E-state index contributed by atoms with van der Waals surface area (Å²) in [6, 6.07) is 6.09. The Hall–Kier alpha value is -2.41. The van der Waals surface area contributed by atoms with Gasteiger partial charge in [-0.2, -0.15) is 5.10 Å². The van der Waals surface area contributed by atoms with Crippen molar-refractivity contribution >= 4 is 5.82 Å². The smallest absolute Gasteiger partial charge is 0.183 e. The quantitative estimate of drug-likeness (QED) is 0.868. The second-order valence-corrected chi connectivity index (χ2v) is 5.80. The molecule has 1 fully saturated rings. The first-order valence-electron chi connectivity index (χ1n) is 8.12. The third-order valence-corrected chi connectivity index (χ3v) is 4.25. The van der Waals surface area contributed by atoms with Crippen LogP contribution < -0.4 is 14.8 Å². The van der Waals surface area contributed by atoms with E-state index in [-0.39, 0.29) is 0 Å². The number of nitrogens with one attached hydrogen (secondary N) is 1. The fourth-order valence-corrected chi connectivity index (χ4v) is 3.00. The number of methoxy groups -OCH3 is 2. The van der Waals surface area contributed by atoms with Gasteiger partial charge in [0.05, 0.1) is 14.2 Å². The molecule has 0 spiro atoms. The predicted octanol–water partition coefficient (Wildman–Crippen LogP) is 1.97. The zero-order valence-electron chi connectivity index (χ0n) is 14.1. The molecule has 128 valence electrons. The Morgan fingerprint density at radius 2 is 2.00 bits per heavy atom. The minimum absolute atomic E-state index is 0.429. The first-order valence-corrected chi connectivity index (χ1v) is 8.12. The van der Waals surface area contributed by atoms with E-state index in [1.807, 2.05) is 18.2 Å². The van der Waals surface area contributed by atoms with Crippen molar-refractivity contribution in [1.29, 1.82) is 0 Å². The Morgan fingerprint density at radius 3 is 2.67 bits per heavy atom. The molecule has 0 unspecified atom stereocenters. The first kappa shape index (κ1) is 16.4. The molecular formula is C17H23N5O2. The van der Waals surface area contributed by atoms with Crippen LogP contribution >= 0.6 is 0 Å². The van der Waals surface area contributed by atoms with Crippen LogP contribution in [0, 0.1) is 0 Å². The number of piperidine rings is 1. The van der Waals surface area contributed by atoms with Crippen molar-refractivity contribution in [2.24, 2.45) is 0 Å². The van der Waals surface area contributed by atoms with Gasteiger partial charge in [-0.05, 0) is 25.0 Å². The molecule has 7 heteroatoms. The van der Waals surface area contributed by atoms with Gasteiger partial charge in [0, 0.05) is 44.1 Å². The van der Waals surface area contributed by atoms with E-state index >= 15 is 0 Å². The maximum Gasteiger partial charge on any atom is 0.183 e. The summed E-state index contributed by atoms with van der Waals surface area (Å²) >= 11 is 0. The molecule has 7 nitrogen and oxygen atoms in total. The first-order chi connectivity index (χ1) is 11.8. The molecule has 0 amide bonds. The van der Waals surface area contributed by atoms with E-state index in [0.29, 0.717) is 6.04 Å². The van der Waals surface area contributed by atoms with Crippen LogP contribution in [-0.2, 0) is 6.54 Å². The van der Waals surface area contributed by atoms with E-state index in [2.05, 4.69) is 25.4 Å². The molecule has 0 saturated carbocycles. The van der Waals surface area contributed by atoms with Crippen LogP contribution in [0.15, 0.2) is 30.6 Å². The fraction of sp³-hybridized carbons (Fsp3) is 0.471. The Balaban J connectivity index is 1.56. The summed E-state index contributed by atoms with van der Waals surface area (Å²) in [5.74, 6) is 2.29. The second-order valence-electron chi connectivity index (χ2n) is 5.80. The lowest BCUT2D eigenvalue weighted by Gasteiger charge is -2.32. The van der Waals surface area contributed by atoms with Gasteiger partial charge in [-0.15, -0.1) is 5.10 Å². The zero-order chi connectivity index (χ0) is 16.8. The summed E-state index contributed by atoms with van der Waals surface area (Å²) < 4.78 is 10.8. The van der Waals surface area contributed by atoms with E-state index in [1.54, 1.807) is 26.6 Å². The molecule has 0 bridgehead atoms. The molecule has 1 N–H and O–H groups in total. The number of hydrogen-bond donors (Lipinski definition) is 1. The largest absolute Gasteiger partial charge is 0.493 e. The Morgan fingerprint density at radius 1 is 1.17 bits per heavy atom. The van der Waals surface area contributed by atoms with Gasteiger partial charge in [-0.3, -0.25) is 9.88 Å². The molecule has 3 heterocycles. The molecule has 0 atom stereocenters. The van der Waals surface area contributed by atoms with Crippen LogP contribution in [0.25, 0.3) is 0 Å². The summed E-state index contributed by atoms with van der Waals surface area (Å²) in [5.41, 5.74) is 0.914. The molecule has 1 aliphatic rings. The molecule has 1 aliphatic heterocycles. The number of rotatable bonds is 6. The van der Waals surface area contributed by atoms with Crippen molar-refractivity contribution in [3.05, 3.63) is 36.3 Å². The minimum Gasteiger partial charge on any atom is -0.493 e. The average molecular weight is 329 g/mol. The number of aromatic nitrogens is 3. The second kappa shape index (κ2) is 7.92. The van der Waals surface area contributed by atoms with E-state index in [4.69, 9.17) is 9.47 Å². The third kappa shape index (κ3) is 3.91. The van der Waals surface area contributed by atoms with E-state index in [9.17, 15) is 0 Å². The number of nitrogens with zero attached hydrogens (tertiary/aromatic N) is 4. The number of pyridine rings is 1. The van der Waals surface area contributed by atoms with Crippen LogP contribution in [-0.4, -0.2) is 53.4 Å². The van der Waals surface area contributed by atoms with Gasteiger partial charge in [0.2, 0.25) is 0 Å². The topological polar surface area (TPSA) is 72.4 Å². The van der Waals surface area contributed by atoms with Gasteiger partial charge in [0.1, 0.15) is 11.5 Å². The fourth-order valence-electron chi connectivity index (χ4n) is 3.00. The SMILES string of the molecule is COc1ccnc(CN2CCC(Nc3cccnn3)CC2)c1OC. The van der Waals surface area contributed by atoms with Crippen molar-refractivity contribution in [2.75, 3.05) is 32.6 Å². The highest BCUT2D eigenvalue weighted by atomic mass is 16.5. The highest BCUT2D eigenvalue weighted by Crippen LogP contribution is 2.30. The van der Waals surface area contributed by atoms with Gasteiger partial charge in [-0.25, -0.2) is 0 Å².